The van der Waals surface area contributed by atoms with Crippen LogP contribution in [0.5, 0.6) is 5.88 Å². The van der Waals surface area contributed by atoms with E-state index in [1.165, 1.54) is 5.69 Å². The number of pyridine rings is 1. The molecule has 2 aromatic heterocycles. The molecule has 0 saturated carbocycles. The fraction of sp³-hybridized carbons (Fsp3) is 0.412. The highest BCUT2D eigenvalue weighted by atomic mass is 16.5. The van der Waals surface area contributed by atoms with Gasteiger partial charge in [0.1, 0.15) is 0 Å². The van der Waals surface area contributed by atoms with Gasteiger partial charge >= 0.3 is 6.03 Å². The molecular weight excluding hydrogens is 292 g/mol. The van der Waals surface area contributed by atoms with Gasteiger partial charge in [0.2, 0.25) is 5.88 Å². The summed E-state index contributed by atoms with van der Waals surface area (Å²) >= 11 is 0. The van der Waals surface area contributed by atoms with Gasteiger partial charge in [-0.1, -0.05) is 6.07 Å². The third kappa shape index (κ3) is 5.02. The number of hydrogen-bond donors (Lipinski definition) is 2. The van der Waals surface area contributed by atoms with Crippen molar-refractivity contribution in [3.8, 4) is 5.88 Å². The van der Waals surface area contributed by atoms with Gasteiger partial charge in [-0.25, -0.2) is 9.78 Å². The van der Waals surface area contributed by atoms with Gasteiger partial charge in [-0.3, -0.25) is 0 Å². The topological polar surface area (TPSA) is 68.2 Å². The zero-order valence-corrected chi connectivity index (χ0v) is 13.9. The Hall–Kier alpha value is -2.50. The van der Waals surface area contributed by atoms with Crippen molar-refractivity contribution in [1.29, 1.82) is 0 Å². The largest absolute Gasteiger partial charge is 0.481 e. The van der Waals surface area contributed by atoms with Gasteiger partial charge in [-0.15, -0.1) is 0 Å². The van der Waals surface area contributed by atoms with E-state index in [1.807, 2.05) is 38.4 Å². The van der Waals surface area contributed by atoms with E-state index in [-0.39, 0.29) is 12.1 Å². The Kier molecular flexibility index (Phi) is 6.02. The van der Waals surface area contributed by atoms with E-state index in [9.17, 15) is 4.79 Å². The maximum absolute atomic E-state index is 12.0. The average molecular weight is 316 g/mol. The van der Waals surface area contributed by atoms with Crippen molar-refractivity contribution >= 4 is 6.03 Å². The second-order valence-corrected chi connectivity index (χ2v) is 5.55. The second kappa shape index (κ2) is 8.22. The predicted octanol–water partition coefficient (Wildman–Crippen LogP) is 2.25. The number of carbonyl (C=O) groups excluding carboxylic acids is 1. The lowest BCUT2D eigenvalue weighted by atomic mass is 10.1. The van der Waals surface area contributed by atoms with Crippen LogP contribution in [0.1, 0.15) is 24.6 Å². The zero-order valence-electron chi connectivity index (χ0n) is 13.9. The Morgan fingerprint density at radius 2 is 2.22 bits per heavy atom. The molecule has 6 heteroatoms. The molecule has 0 saturated heterocycles. The predicted molar refractivity (Wildman–Crippen MR) is 89.4 cm³/mol. The number of methoxy groups -OCH3 is 1. The number of ether oxygens (including phenoxy) is 1. The van der Waals surface area contributed by atoms with Crippen LogP contribution in [0.2, 0.25) is 0 Å². The average Bonchev–Trinajstić information content (AvgIpc) is 2.96. The Bertz CT molecular complexity index is 639. The first-order valence-electron chi connectivity index (χ1n) is 7.72. The standard InChI is InChI=1S/C17H24N4O2/c1-13(8-9-15-7-5-11-21(15)2)20-17(22)19-12-14-6-4-10-18-16(14)23-3/h4-7,10-11,13H,8-9,12H2,1-3H3,(H2,19,20,22). The number of aromatic nitrogens is 2. The second-order valence-electron chi connectivity index (χ2n) is 5.55. The fourth-order valence-electron chi connectivity index (χ4n) is 2.39. The highest BCUT2D eigenvalue weighted by Crippen LogP contribution is 2.12. The summed E-state index contributed by atoms with van der Waals surface area (Å²) in [5.74, 6) is 0.532. The van der Waals surface area contributed by atoms with E-state index >= 15 is 0 Å². The summed E-state index contributed by atoms with van der Waals surface area (Å²) in [5, 5.41) is 5.78. The van der Waals surface area contributed by atoms with Gasteiger partial charge in [0.05, 0.1) is 7.11 Å². The Labute approximate surface area is 136 Å². The molecule has 0 fully saturated rings. The number of amides is 2. The molecule has 1 atom stereocenters. The molecule has 2 aromatic rings. The molecule has 2 N–H and O–H groups in total. The molecule has 0 radical (unpaired) electrons. The van der Waals surface area contributed by atoms with Gasteiger partial charge in [0.25, 0.3) is 0 Å². The third-order valence-electron chi connectivity index (χ3n) is 3.75. The minimum Gasteiger partial charge on any atom is -0.481 e. The lowest BCUT2D eigenvalue weighted by Gasteiger charge is -2.15. The molecule has 23 heavy (non-hydrogen) atoms. The molecule has 2 rings (SSSR count). The van der Waals surface area contributed by atoms with Gasteiger partial charge in [-0.2, -0.15) is 0 Å². The van der Waals surface area contributed by atoms with Crippen LogP contribution in [-0.4, -0.2) is 28.7 Å². The van der Waals surface area contributed by atoms with Crippen LogP contribution in [0.4, 0.5) is 4.79 Å². The molecule has 0 aromatic carbocycles. The lowest BCUT2D eigenvalue weighted by Crippen LogP contribution is -2.40. The van der Waals surface area contributed by atoms with Crippen LogP contribution in [-0.2, 0) is 20.0 Å². The van der Waals surface area contributed by atoms with E-state index in [0.717, 1.165) is 18.4 Å². The van der Waals surface area contributed by atoms with Crippen LogP contribution >= 0.6 is 0 Å². The number of carbonyl (C=O) groups is 1. The van der Waals surface area contributed by atoms with Gasteiger partial charge in [0, 0.05) is 43.3 Å². The number of rotatable bonds is 7. The SMILES string of the molecule is COc1ncccc1CNC(=O)NC(C)CCc1cccn1C. The summed E-state index contributed by atoms with van der Waals surface area (Å²) < 4.78 is 7.26. The van der Waals surface area contributed by atoms with E-state index < -0.39 is 0 Å². The first-order valence-corrected chi connectivity index (χ1v) is 7.72. The van der Waals surface area contributed by atoms with Gasteiger partial charge in [0.15, 0.2) is 0 Å². The number of nitrogens with zero attached hydrogens (tertiary/aromatic N) is 2. The molecule has 0 aliphatic heterocycles. The van der Waals surface area contributed by atoms with Crippen LogP contribution < -0.4 is 15.4 Å². The van der Waals surface area contributed by atoms with Crippen molar-refractivity contribution < 1.29 is 9.53 Å². The Balaban J connectivity index is 1.74. The number of urea groups is 1. The smallest absolute Gasteiger partial charge is 0.315 e. The maximum Gasteiger partial charge on any atom is 0.315 e. The summed E-state index contributed by atoms with van der Waals surface area (Å²) in [6.07, 6.45) is 5.51. The highest BCUT2D eigenvalue weighted by Gasteiger charge is 2.09. The van der Waals surface area contributed by atoms with Crippen LogP contribution in [0.25, 0.3) is 0 Å². The molecule has 0 bridgehead atoms. The van der Waals surface area contributed by atoms with Crippen molar-refractivity contribution in [2.75, 3.05) is 7.11 Å². The zero-order chi connectivity index (χ0) is 16.7. The normalized spacial score (nSPS) is 11.8. The van der Waals surface area contributed by atoms with Crippen molar-refractivity contribution in [1.82, 2.24) is 20.2 Å². The number of hydrogen-bond acceptors (Lipinski definition) is 3. The summed E-state index contributed by atoms with van der Waals surface area (Å²) in [5.41, 5.74) is 2.11. The Morgan fingerprint density at radius 1 is 1.39 bits per heavy atom. The molecule has 1 unspecified atom stereocenters. The first kappa shape index (κ1) is 16.9. The number of aryl methyl sites for hydroxylation is 2. The molecule has 0 aliphatic carbocycles. The molecular formula is C17H24N4O2. The molecule has 0 aliphatic rings. The minimum absolute atomic E-state index is 0.0979. The van der Waals surface area contributed by atoms with E-state index in [2.05, 4.69) is 26.3 Å². The van der Waals surface area contributed by atoms with Crippen LogP contribution in [0.15, 0.2) is 36.7 Å². The molecule has 0 spiro atoms. The minimum atomic E-state index is -0.185. The quantitative estimate of drug-likeness (QED) is 0.823. The summed E-state index contributed by atoms with van der Waals surface area (Å²) in [7, 11) is 3.60. The van der Waals surface area contributed by atoms with Gasteiger partial charge < -0.3 is 19.9 Å². The highest BCUT2D eigenvalue weighted by molar-refractivity contribution is 5.74. The summed E-state index contributed by atoms with van der Waals surface area (Å²) in [6.45, 7) is 2.39. The maximum atomic E-state index is 12.0. The van der Waals surface area contributed by atoms with E-state index in [1.54, 1.807) is 13.3 Å². The van der Waals surface area contributed by atoms with Crippen LogP contribution in [0, 0.1) is 0 Å². The summed E-state index contributed by atoms with van der Waals surface area (Å²) in [6, 6.07) is 7.74. The van der Waals surface area contributed by atoms with Gasteiger partial charge in [-0.05, 0) is 38.0 Å². The molecule has 6 nitrogen and oxygen atoms in total. The third-order valence-corrected chi connectivity index (χ3v) is 3.75. The van der Waals surface area contributed by atoms with Crippen molar-refractivity contribution in [2.24, 2.45) is 7.05 Å². The molecule has 2 amide bonds. The molecule has 124 valence electrons. The van der Waals surface area contributed by atoms with E-state index in [0.29, 0.717) is 12.4 Å². The van der Waals surface area contributed by atoms with Crippen LogP contribution in [0.3, 0.4) is 0 Å². The monoisotopic (exact) mass is 316 g/mol. The lowest BCUT2D eigenvalue weighted by molar-refractivity contribution is 0.236. The van der Waals surface area contributed by atoms with Crippen molar-refractivity contribution in [3.05, 3.63) is 47.9 Å². The van der Waals surface area contributed by atoms with Crippen molar-refractivity contribution in [2.45, 2.75) is 32.4 Å². The van der Waals surface area contributed by atoms with E-state index in [4.69, 9.17) is 4.74 Å². The van der Waals surface area contributed by atoms with Crippen molar-refractivity contribution in [3.63, 3.8) is 0 Å². The molecule has 2 heterocycles. The summed E-state index contributed by atoms with van der Waals surface area (Å²) in [4.78, 5) is 16.1. The Morgan fingerprint density at radius 3 is 2.91 bits per heavy atom. The fourth-order valence-corrected chi connectivity index (χ4v) is 2.39. The number of nitrogens with one attached hydrogen (secondary N) is 2. The first-order chi connectivity index (χ1) is 11.1.